The van der Waals surface area contributed by atoms with Gasteiger partial charge in [-0.15, -0.1) is 12.4 Å². The summed E-state index contributed by atoms with van der Waals surface area (Å²) in [6.07, 6.45) is 0. The molecule has 1 aliphatic rings. The minimum absolute atomic E-state index is 0. The Bertz CT molecular complexity index is 760. The molecule has 6 nitrogen and oxygen atoms in total. The number of anilines is 1. The Hall–Kier alpha value is -2.05. The topological polar surface area (TPSA) is 72.2 Å². The van der Waals surface area contributed by atoms with E-state index in [2.05, 4.69) is 51.0 Å². The highest BCUT2D eigenvalue weighted by Gasteiger charge is 2.21. The van der Waals surface area contributed by atoms with E-state index in [0.29, 0.717) is 17.9 Å². The molecule has 2 heterocycles. The van der Waals surface area contributed by atoms with Crippen LogP contribution in [0.15, 0.2) is 29.1 Å². The fraction of sp³-hybridized carbons (Fsp3) is 0.412. The molecule has 1 aromatic carbocycles. The maximum absolute atomic E-state index is 11.6. The second kappa shape index (κ2) is 7.68. The molecule has 2 N–H and O–H groups in total. The van der Waals surface area contributed by atoms with Gasteiger partial charge in [-0.2, -0.15) is 0 Å². The summed E-state index contributed by atoms with van der Waals surface area (Å²) in [4.78, 5) is 33.0. The van der Waals surface area contributed by atoms with Crippen molar-refractivity contribution in [1.29, 1.82) is 0 Å². The number of piperazine rings is 1. The molecular formula is C17H23ClN4O2. The Labute approximate surface area is 147 Å². The van der Waals surface area contributed by atoms with Crippen LogP contribution in [0.25, 0.3) is 0 Å². The number of nitrogens with zero attached hydrogens (tertiary/aromatic N) is 2. The molecule has 0 bridgehead atoms. The number of benzene rings is 1. The van der Waals surface area contributed by atoms with E-state index in [1.54, 1.807) is 0 Å². The first-order valence-corrected chi connectivity index (χ1v) is 7.89. The molecule has 0 spiro atoms. The van der Waals surface area contributed by atoms with Crippen LogP contribution in [0.1, 0.15) is 28.7 Å². The number of hydrogen-bond acceptors (Lipinski definition) is 4. The van der Waals surface area contributed by atoms with Gasteiger partial charge in [0, 0.05) is 45.3 Å². The first kappa shape index (κ1) is 18.3. The van der Waals surface area contributed by atoms with E-state index in [-0.39, 0.29) is 23.9 Å². The molecule has 7 heteroatoms. The largest absolute Gasteiger partial charge is 0.369 e. The van der Waals surface area contributed by atoms with Crippen LogP contribution in [0.2, 0.25) is 0 Å². The van der Waals surface area contributed by atoms with Crippen molar-refractivity contribution in [3.8, 4) is 0 Å². The van der Waals surface area contributed by atoms with Crippen LogP contribution in [0.3, 0.4) is 0 Å². The van der Waals surface area contributed by atoms with Crippen LogP contribution in [-0.2, 0) is 6.54 Å². The van der Waals surface area contributed by atoms with Gasteiger partial charge in [0.05, 0.1) is 5.69 Å². The molecule has 24 heavy (non-hydrogen) atoms. The number of carbonyl (C=O) groups excluding carboxylic acids is 1. The van der Waals surface area contributed by atoms with Gasteiger partial charge in [-0.25, -0.2) is 4.79 Å². The summed E-state index contributed by atoms with van der Waals surface area (Å²) in [7, 11) is 0. The molecule has 3 rings (SSSR count). The number of imidazole rings is 1. The lowest BCUT2D eigenvalue weighted by Gasteiger charge is -2.36. The van der Waals surface area contributed by atoms with Crippen LogP contribution in [0, 0.1) is 6.92 Å². The number of aromatic nitrogens is 2. The number of hydrogen-bond donors (Lipinski definition) is 2. The molecule has 130 valence electrons. The first-order chi connectivity index (χ1) is 11.0. The van der Waals surface area contributed by atoms with E-state index in [4.69, 9.17) is 0 Å². The lowest BCUT2D eigenvalue weighted by atomic mass is 10.1. The lowest BCUT2D eigenvalue weighted by Crippen LogP contribution is -2.46. The zero-order chi connectivity index (χ0) is 16.4. The summed E-state index contributed by atoms with van der Waals surface area (Å²) >= 11 is 0. The molecular weight excluding hydrogens is 328 g/mol. The summed E-state index contributed by atoms with van der Waals surface area (Å²) in [6.45, 7) is 7.88. The molecule has 0 aliphatic carbocycles. The van der Waals surface area contributed by atoms with Gasteiger partial charge in [0.1, 0.15) is 5.69 Å². The SMILES string of the molecule is CC(=O)c1[nH]c(=O)[nH]c1CN1CCN(c2ccccc2C)CC1.Cl. The van der Waals surface area contributed by atoms with Gasteiger partial charge in [-0.05, 0) is 18.6 Å². The molecule has 2 aromatic rings. The van der Waals surface area contributed by atoms with E-state index >= 15 is 0 Å². The van der Waals surface area contributed by atoms with Gasteiger partial charge in [-0.1, -0.05) is 18.2 Å². The van der Waals surface area contributed by atoms with Gasteiger partial charge in [0.25, 0.3) is 0 Å². The van der Waals surface area contributed by atoms with Crippen molar-refractivity contribution in [1.82, 2.24) is 14.9 Å². The average molecular weight is 351 g/mol. The van der Waals surface area contributed by atoms with E-state index in [1.807, 2.05) is 0 Å². The van der Waals surface area contributed by atoms with E-state index in [1.165, 1.54) is 18.2 Å². The Balaban J connectivity index is 0.00000208. The van der Waals surface area contributed by atoms with Gasteiger partial charge in [0.2, 0.25) is 0 Å². The molecule has 0 amide bonds. The van der Waals surface area contributed by atoms with Crippen molar-refractivity contribution in [2.75, 3.05) is 31.1 Å². The molecule has 0 unspecified atom stereocenters. The van der Waals surface area contributed by atoms with Crippen molar-refractivity contribution in [3.63, 3.8) is 0 Å². The summed E-state index contributed by atoms with van der Waals surface area (Å²) in [6, 6.07) is 8.41. The standard InChI is InChI=1S/C17H22N4O2.ClH/c1-12-5-3-4-6-15(12)21-9-7-20(8-10-21)11-14-16(13(2)22)19-17(23)18-14;/h3-6H,7-11H2,1-2H3,(H2,18,19,23);1H. The van der Waals surface area contributed by atoms with Gasteiger partial charge >= 0.3 is 5.69 Å². The first-order valence-electron chi connectivity index (χ1n) is 7.89. The van der Waals surface area contributed by atoms with Gasteiger partial charge < -0.3 is 14.9 Å². The highest BCUT2D eigenvalue weighted by molar-refractivity contribution is 5.93. The monoisotopic (exact) mass is 350 g/mol. The lowest BCUT2D eigenvalue weighted by molar-refractivity contribution is 0.101. The second-order valence-corrected chi connectivity index (χ2v) is 6.04. The number of para-hydroxylation sites is 1. The van der Waals surface area contributed by atoms with Gasteiger partial charge in [0.15, 0.2) is 5.78 Å². The fourth-order valence-corrected chi connectivity index (χ4v) is 3.13. The number of aromatic amines is 2. The molecule has 1 fully saturated rings. The van der Waals surface area contributed by atoms with Crippen LogP contribution in [-0.4, -0.2) is 46.8 Å². The van der Waals surface area contributed by atoms with Crippen molar-refractivity contribution in [2.45, 2.75) is 20.4 Å². The number of Topliss-reactive ketones (excluding diaryl/α,β-unsaturated/α-hetero) is 1. The highest BCUT2D eigenvalue weighted by atomic mass is 35.5. The van der Waals surface area contributed by atoms with Crippen LogP contribution >= 0.6 is 12.4 Å². The number of ketones is 1. The summed E-state index contributed by atoms with van der Waals surface area (Å²) in [5.41, 5.74) is 3.34. The number of carbonyl (C=O) groups is 1. The van der Waals surface area contributed by atoms with Crippen LogP contribution in [0.5, 0.6) is 0 Å². The van der Waals surface area contributed by atoms with Crippen LogP contribution < -0.4 is 10.6 Å². The predicted octanol–water partition coefficient (Wildman–Crippen LogP) is 1.96. The Morgan fingerprint density at radius 2 is 1.79 bits per heavy atom. The minimum Gasteiger partial charge on any atom is -0.369 e. The Kier molecular flexibility index (Phi) is 5.85. The average Bonchev–Trinajstić information content (AvgIpc) is 2.90. The number of H-pyrrole nitrogens is 2. The third kappa shape index (κ3) is 3.88. The van der Waals surface area contributed by atoms with Gasteiger partial charge in [-0.3, -0.25) is 9.69 Å². The Morgan fingerprint density at radius 3 is 2.42 bits per heavy atom. The van der Waals surface area contributed by atoms with Crippen molar-refractivity contribution >= 4 is 23.9 Å². The molecule has 0 saturated carbocycles. The Morgan fingerprint density at radius 1 is 1.12 bits per heavy atom. The van der Waals surface area contributed by atoms with Crippen molar-refractivity contribution in [3.05, 3.63) is 51.7 Å². The normalized spacial score (nSPS) is 15.2. The fourth-order valence-electron chi connectivity index (χ4n) is 3.13. The minimum atomic E-state index is -0.316. The molecule has 1 aliphatic heterocycles. The third-order valence-corrected chi connectivity index (χ3v) is 4.37. The molecule has 1 saturated heterocycles. The summed E-state index contributed by atoms with van der Waals surface area (Å²) in [5, 5.41) is 0. The van der Waals surface area contributed by atoms with Crippen LogP contribution in [0.4, 0.5) is 5.69 Å². The van der Waals surface area contributed by atoms with E-state index < -0.39 is 0 Å². The van der Waals surface area contributed by atoms with Crippen molar-refractivity contribution < 1.29 is 4.79 Å². The molecule has 1 aromatic heterocycles. The van der Waals surface area contributed by atoms with E-state index in [0.717, 1.165) is 26.2 Å². The van der Waals surface area contributed by atoms with E-state index in [9.17, 15) is 9.59 Å². The number of halogens is 1. The predicted molar refractivity (Wildman–Crippen MR) is 97.3 cm³/mol. The number of nitrogens with one attached hydrogen (secondary N) is 2. The maximum atomic E-state index is 11.6. The summed E-state index contributed by atoms with van der Waals surface area (Å²) < 4.78 is 0. The number of rotatable bonds is 4. The second-order valence-electron chi connectivity index (χ2n) is 6.04. The third-order valence-electron chi connectivity index (χ3n) is 4.37. The summed E-state index contributed by atoms with van der Waals surface area (Å²) in [5.74, 6) is -0.114. The maximum Gasteiger partial charge on any atom is 0.323 e. The quantitative estimate of drug-likeness (QED) is 0.827. The smallest absolute Gasteiger partial charge is 0.323 e. The molecule has 0 atom stereocenters. The number of aryl methyl sites for hydroxylation is 1. The highest BCUT2D eigenvalue weighted by Crippen LogP contribution is 2.21. The molecule has 0 radical (unpaired) electrons. The zero-order valence-electron chi connectivity index (χ0n) is 14.0. The van der Waals surface area contributed by atoms with Crippen molar-refractivity contribution in [2.24, 2.45) is 0 Å². The zero-order valence-corrected chi connectivity index (χ0v) is 14.8.